The summed E-state index contributed by atoms with van der Waals surface area (Å²) in [6, 6.07) is 14.1. The Labute approximate surface area is 122 Å². The van der Waals surface area contributed by atoms with Crippen LogP contribution in [0, 0.1) is 6.92 Å². The molecule has 0 radical (unpaired) electrons. The molecule has 0 unspecified atom stereocenters. The standard InChI is InChI=1S/C16H18BrNO/c1-11-5-3-4-6-15(11)12(2)18-10-13-9-14(17)7-8-16(13)19/h3-9,12,18-19H,10H2,1-2H3/t12-/m0/s1. The zero-order valence-electron chi connectivity index (χ0n) is 11.2. The van der Waals surface area contributed by atoms with E-state index in [1.54, 1.807) is 6.07 Å². The van der Waals surface area contributed by atoms with Gasteiger partial charge in [0.15, 0.2) is 0 Å². The van der Waals surface area contributed by atoms with Crippen molar-refractivity contribution in [1.29, 1.82) is 0 Å². The molecule has 0 heterocycles. The molecule has 2 aromatic carbocycles. The van der Waals surface area contributed by atoms with Crippen LogP contribution >= 0.6 is 15.9 Å². The smallest absolute Gasteiger partial charge is 0.120 e. The highest BCUT2D eigenvalue weighted by molar-refractivity contribution is 9.10. The van der Waals surface area contributed by atoms with E-state index in [-0.39, 0.29) is 6.04 Å². The van der Waals surface area contributed by atoms with E-state index in [1.165, 1.54) is 11.1 Å². The topological polar surface area (TPSA) is 32.3 Å². The molecule has 2 rings (SSSR count). The first-order valence-electron chi connectivity index (χ1n) is 6.34. The van der Waals surface area contributed by atoms with Gasteiger partial charge in [0.2, 0.25) is 0 Å². The first-order chi connectivity index (χ1) is 9.08. The summed E-state index contributed by atoms with van der Waals surface area (Å²) in [6.45, 7) is 4.89. The van der Waals surface area contributed by atoms with Gasteiger partial charge in [0.1, 0.15) is 5.75 Å². The van der Waals surface area contributed by atoms with E-state index in [0.29, 0.717) is 12.3 Å². The number of halogens is 1. The first kappa shape index (κ1) is 14.1. The van der Waals surface area contributed by atoms with Crippen molar-refractivity contribution in [1.82, 2.24) is 5.32 Å². The molecular weight excluding hydrogens is 302 g/mol. The van der Waals surface area contributed by atoms with Gasteiger partial charge < -0.3 is 10.4 Å². The van der Waals surface area contributed by atoms with Crippen molar-refractivity contribution in [3.05, 3.63) is 63.6 Å². The first-order valence-corrected chi connectivity index (χ1v) is 7.13. The summed E-state index contributed by atoms with van der Waals surface area (Å²) in [5.41, 5.74) is 3.47. The largest absolute Gasteiger partial charge is 0.508 e. The molecule has 2 aromatic rings. The number of hydrogen-bond donors (Lipinski definition) is 2. The molecule has 2 N–H and O–H groups in total. The van der Waals surface area contributed by atoms with Gasteiger partial charge in [-0.05, 0) is 43.2 Å². The molecule has 0 aliphatic carbocycles. The van der Waals surface area contributed by atoms with Crippen LogP contribution in [-0.4, -0.2) is 5.11 Å². The molecule has 19 heavy (non-hydrogen) atoms. The lowest BCUT2D eigenvalue weighted by atomic mass is 10.0. The summed E-state index contributed by atoms with van der Waals surface area (Å²) in [6.07, 6.45) is 0. The molecule has 0 spiro atoms. The van der Waals surface area contributed by atoms with Gasteiger partial charge in [-0.1, -0.05) is 40.2 Å². The lowest BCUT2D eigenvalue weighted by Crippen LogP contribution is -2.18. The maximum Gasteiger partial charge on any atom is 0.120 e. The summed E-state index contributed by atoms with van der Waals surface area (Å²) in [7, 11) is 0. The van der Waals surface area contributed by atoms with Gasteiger partial charge in [0.25, 0.3) is 0 Å². The van der Waals surface area contributed by atoms with E-state index < -0.39 is 0 Å². The quantitative estimate of drug-likeness (QED) is 0.879. The van der Waals surface area contributed by atoms with Crippen LogP contribution in [0.2, 0.25) is 0 Å². The van der Waals surface area contributed by atoms with Gasteiger partial charge in [-0.15, -0.1) is 0 Å². The van der Waals surface area contributed by atoms with E-state index >= 15 is 0 Å². The number of phenolic OH excluding ortho intramolecular Hbond substituents is 1. The summed E-state index contributed by atoms with van der Waals surface area (Å²) >= 11 is 3.42. The summed E-state index contributed by atoms with van der Waals surface area (Å²) in [5.74, 6) is 0.327. The molecule has 0 fully saturated rings. The number of hydrogen-bond acceptors (Lipinski definition) is 2. The predicted molar refractivity (Wildman–Crippen MR) is 82.2 cm³/mol. The minimum atomic E-state index is 0.250. The summed E-state index contributed by atoms with van der Waals surface area (Å²) < 4.78 is 0.977. The summed E-state index contributed by atoms with van der Waals surface area (Å²) in [4.78, 5) is 0. The van der Waals surface area contributed by atoms with Gasteiger partial charge in [-0.3, -0.25) is 0 Å². The van der Waals surface area contributed by atoms with E-state index in [4.69, 9.17) is 0 Å². The second-order valence-corrected chi connectivity index (χ2v) is 5.65. The second-order valence-electron chi connectivity index (χ2n) is 4.73. The Kier molecular flexibility index (Phi) is 4.61. The molecule has 0 aliphatic heterocycles. The van der Waals surface area contributed by atoms with Crippen LogP contribution in [0.1, 0.15) is 29.7 Å². The van der Waals surface area contributed by atoms with Gasteiger partial charge in [0, 0.05) is 22.6 Å². The van der Waals surface area contributed by atoms with Crippen molar-refractivity contribution in [2.45, 2.75) is 26.4 Å². The normalized spacial score (nSPS) is 12.4. The lowest BCUT2D eigenvalue weighted by molar-refractivity contribution is 0.460. The van der Waals surface area contributed by atoms with Gasteiger partial charge >= 0.3 is 0 Å². The molecule has 3 heteroatoms. The van der Waals surface area contributed by atoms with E-state index in [2.05, 4.69) is 53.3 Å². The Hall–Kier alpha value is -1.32. The van der Waals surface area contributed by atoms with E-state index in [1.807, 2.05) is 18.2 Å². The molecule has 0 bridgehead atoms. The van der Waals surface area contributed by atoms with Crippen molar-refractivity contribution in [3.63, 3.8) is 0 Å². The highest BCUT2D eigenvalue weighted by Crippen LogP contribution is 2.23. The van der Waals surface area contributed by atoms with Crippen LogP contribution < -0.4 is 5.32 Å². The van der Waals surface area contributed by atoms with E-state index in [9.17, 15) is 5.11 Å². The van der Waals surface area contributed by atoms with Gasteiger partial charge in [0.05, 0.1) is 0 Å². The molecule has 100 valence electrons. The molecular formula is C16H18BrNO. The molecule has 0 aliphatic rings. The number of nitrogens with one attached hydrogen (secondary N) is 1. The molecule has 0 saturated carbocycles. The van der Waals surface area contributed by atoms with Crippen LogP contribution in [0.5, 0.6) is 5.75 Å². The number of benzene rings is 2. The lowest BCUT2D eigenvalue weighted by Gasteiger charge is -2.17. The van der Waals surface area contributed by atoms with Crippen LogP contribution in [0.25, 0.3) is 0 Å². The SMILES string of the molecule is Cc1ccccc1[C@H](C)NCc1cc(Br)ccc1O. The number of aromatic hydroxyl groups is 1. The van der Waals surface area contributed by atoms with Crippen LogP contribution in [0.3, 0.4) is 0 Å². The molecule has 0 amide bonds. The number of rotatable bonds is 4. The minimum absolute atomic E-state index is 0.250. The minimum Gasteiger partial charge on any atom is -0.508 e. The zero-order chi connectivity index (χ0) is 13.8. The molecule has 2 nitrogen and oxygen atoms in total. The maximum absolute atomic E-state index is 9.81. The monoisotopic (exact) mass is 319 g/mol. The van der Waals surface area contributed by atoms with Crippen LogP contribution in [-0.2, 0) is 6.54 Å². The third kappa shape index (κ3) is 3.58. The average molecular weight is 320 g/mol. The Balaban J connectivity index is 2.06. The highest BCUT2D eigenvalue weighted by atomic mass is 79.9. The Morgan fingerprint density at radius 2 is 1.95 bits per heavy atom. The van der Waals surface area contributed by atoms with Gasteiger partial charge in [-0.25, -0.2) is 0 Å². The Morgan fingerprint density at radius 1 is 1.21 bits per heavy atom. The third-order valence-electron chi connectivity index (χ3n) is 3.30. The number of aryl methyl sites for hydroxylation is 1. The van der Waals surface area contributed by atoms with Crippen molar-refractivity contribution < 1.29 is 5.11 Å². The average Bonchev–Trinajstić information content (AvgIpc) is 2.40. The van der Waals surface area contributed by atoms with Crippen LogP contribution in [0.4, 0.5) is 0 Å². The van der Waals surface area contributed by atoms with E-state index in [0.717, 1.165) is 10.0 Å². The zero-order valence-corrected chi connectivity index (χ0v) is 12.7. The van der Waals surface area contributed by atoms with Crippen LogP contribution in [0.15, 0.2) is 46.9 Å². The number of phenols is 1. The van der Waals surface area contributed by atoms with Crippen molar-refractivity contribution in [2.24, 2.45) is 0 Å². The second kappa shape index (κ2) is 6.22. The maximum atomic E-state index is 9.81. The fraction of sp³-hybridized carbons (Fsp3) is 0.250. The van der Waals surface area contributed by atoms with Crippen molar-refractivity contribution in [3.8, 4) is 5.75 Å². The Morgan fingerprint density at radius 3 is 2.68 bits per heavy atom. The van der Waals surface area contributed by atoms with Crippen molar-refractivity contribution in [2.75, 3.05) is 0 Å². The molecule has 0 saturated heterocycles. The predicted octanol–water partition coefficient (Wildman–Crippen LogP) is 4.31. The Bertz CT molecular complexity index is 568. The fourth-order valence-corrected chi connectivity index (χ4v) is 2.55. The molecule has 0 aromatic heterocycles. The fourth-order valence-electron chi connectivity index (χ4n) is 2.14. The molecule has 1 atom stereocenters. The van der Waals surface area contributed by atoms with Crippen molar-refractivity contribution >= 4 is 15.9 Å². The summed E-state index contributed by atoms with van der Waals surface area (Å²) in [5, 5.41) is 13.3. The van der Waals surface area contributed by atoms with Gasteiger partial charge in [-0.2, -0.15) is 0 Å². The highest BCUT2D eigenvalue weighted by Gasteiger charge is 2.08. The third-order valence-corrected chi connectivity index (χ3v) is 3.79.